The Hall–Kier alpha value is -2.43. The van der Waals surface area contributed by atoms with Gasteiger partial charge in [-0.05, 0) is 67.2 Å². The molecule has 2 N–H and O–H groups in total. The first-order valence-electron chi connectivity index (χ1n) is 12.2. The molecular weight excluding hydrogens is 416 g/mol. The zero-order valence-corrected chi connectivity index (χ0v) is 19.8. The Morgan fingerprint density at radius 3 is 2.73 bits per heavy atom. The Bertz CT molecular complexity index is 1010. The lowest BCUT2D eigenvalue weighted by atomic mass is 9.56. The number of nitrogens with zero attached hydrogens (tertiary/aromatic N) is 3. The SMILES string of the molecule is CO[C@H]1[C@H](C)C[C@@]2(Cc3ccc(C#N)cc3[C@]23N=C(N)N(C[C@@H]2CCCOC2)C3=O)C[C@@H]1C. The number of hydrogen-bond donors (Lipinski definition) is 1. The van der Waals surface area contributed by atoms with Gasteiger partial charge in [-0.15, -0.1) is 0 Å². The molecule has 4 aliphatic rings. The number of hydrogen-bond acceptors (Lipinski definition) is 6. The van der Waals surface area contributed by atoms with Gasteiger partial charge in [-0.25, -0.2) is 4.99 Å². The van der Waals surface area contributed by atoms with Crippen molar-refractivity contribution in [2.45, 2.75) is 57.6 Å². The fourth-order valence-electron chi connectivity index (χ4n) is 7.41. The molecule has 0 bridgehead atoms. The van der Waals surface area contributed by atoms with Crippen molar-refractivity contribution in [2.24, 2.45) is 33.9 Å². The number of nitrogens with two attached hydrogens (primary N) is 1. The highest BCUT2D eigenvalue weighted by Crippen LogP contribution is 2.63. The highest BCUT2D eigenvalue weighted by molar-refractivity contribution is 6.08. The van der Waals surface area contributed by atoms with Gasteiger partial charge in [0, 0.05) is 31.6 Å². The minimum atomic E-state index is -1.07. The Balaban J connectivity index is 1.61. The lowest BCUT2D eigenvalue weighted by molar-refractivity contribution is -0.142. The van der Waals surface area contributed by atoms with Gasteiger partial charge in [-0.3, -0.25) is 9.69 Å². The summed E-state index contributed by atoms with van der Waals surface area (Å²) in [7, 11) is 1.78. The van der Waals surface area contributed by atoms with Crippen molar-refractivity contribution in [3.8, 4) is 6.07 Å². The summed E-state index contributed by atoms with van der Waals surface area (Å²) in [5, 5.41) is 9.60. The third-order valence-corrected chi connectivity index (χ3v) is 8.55. The number of guanidine groups is 1. The average molecular weight is 451 g/mol. The first kappa shape index (κ1) is 22.4. The van der Waals surface area contributed by atoms with Crippen molar-refractivity contribution in [3.63, 3.8) is 0 Å². The molecule has 5 rings (SSSR count). The van der Waals surface area contributed by atoms with Gasteiger partial charge < -0.3 is 15.2 Å². The number of rotatable bonds is 3. The molecule has 2 spiro atoms. The molecule has 6 atom stereocenters. The van der Waals surface area contributed by atoms with E-state index in [4.69, 9.17) is 20.2 Å². The van der Waals surface area contributed by atoms with E-state index in [2.05, 4.69) is 19.9 Å². The second-order valence-corrected chi connectivity index (χ2v) is 10.7. The normalized spacial score (nSPS) is 37.9. The molecule has 1 saturated heterocycles. The van der Waals surface area contributed by atoms with Crippen molar-refractivity contribution >= 4 is 11.9 Å². The standard InChI is InChI=1S/C26H34N4O3/c1-16-10-25(11-17(2)22(16)32-3)12-20-7-6-18(13-27)9-21(20)26(25)23(31)30(24(28)29-26)14-19-5-4-8-33-15-19/h6-7,9,16-17,19,22H,4-5,8,10-12,14-15H2,1-3H3,(H2,28,29)/t16-,17+,19-,22+,25+,26+/m0/s1. The largest absolute Gasteiger partial charge is 0.381 e. The summed E-state index contributed by atoms with van der Waals surface area (Å²) in [4.78, 5) is 21.1. The smallest absolute Gasteiger partial charge is 0.262 e. The van der Waals surface area contributed by atoms with Gasteiger partial charge in [0.25, 0.3) is 5.91 Å². The molecule has 2 aliphatic heterocycles. The van der Waals surface area contributed by atoms with E-state index in [0.717, 1.165) is 49.8 Å². The van der Waals surface area contributed by atoms with Crippen LogP contribution in [0.5, 0.6) is 0 Å². The Morgan fingerprint density at radius 1 is 1.33 bits per heavy atom. The summed E-state index contributed by atoms with van der Waals surface area (Å²) in [6.45, 7) is 6.39. The van der Waals surface area contributed by atoms with Crippen LogP contribution in [0, 0.1) is 34.5 Å². The lowest BCUT2D eigenvalue weighted by Gasteiger charge is -2.50. The van der Waals surface area contributed by atoms with Crippen LogP contribution in [0.1, 0.15) is 56.2 Å². The molecule has 1 amide bonds. The van der Waals surface area contributed by atoms with Crippen LogP contribution in [0.2, 0.25) is 0 Å². The number of amides is 1. The topological polar surface area (TPSA) is 101 Å². The molecule has 1 aromatic carbocycles. The number of ether oxygens (including phenoxy) is 2. The number of nitriles is 1. The van der Waals surface area contributed by atoms with E-state index >= 15 is 0 Å². The van der Waals surface area contributed by atoms with Crippen LogP contribution in [0.25, 0.3) is 0 Å². The van der Waals surface area contributed by atoms with E-state index in [1.54, 1.807) is 12.0 Å². The maximum absolute atomic E-state index is 14.4. The minimum absolute atomic E-state index is 0.0327. The predicted molar refractivity (Wildman–Crippen MR) is 124 cm³/mol. The van der Waals surface area contributed by atoms with E-state index in [1.165, 1.54) is 0 Å². The van der Waals surface area contributed by atoms with Crippen molar-refractivity contribution in [1.82, 2.24) is 4.90 Å². The van der Waals surface area contributed by atoms with Gasteiger partial charge >= 0.3 is 0 Å². The summed E-state index contributed by atoms with van der Waals surface area (Å²) in [6, 6.07) is 7.99. The Kier molecular flexibility index (Phi) is 5.49. The van der Waals surface area contributed by atoms with Gasteiger partial charge in [0.05, 0.1) is 24.3 Å². The maximum atomic E-state index is 14.4. The van der Waals surface area contributed by atoms with Crippen molar-refractivity contribution < 1.29 is 14.3 Å². The second kappa shape index (κ2) is 8.11. The van der Waals surface area contributed by atoms with Crippen LogP contribution in [0.3, 0.4) is 0 Å². The molecule has 2 aliphatic carbocycles. The molecule has 0 unspecified atom stereocenters. The number of methoxy groups -OCH3 is 1. The van der Waals surface area contributed by atoms with Crippen molar-refractivity contribution in [2.75, 3.05) is 26.9 Å². The van der Waals surface area contributed by atoms with Crippen LogP contribution in [0.4, 0.5) is 0 Å². The number of carbonyl (C=O) groups is 1. The van der Waals surface area contributed by atoms with E-state index in [-0.39, 0.29) is 35.2 Å². The zero-order valence-electron chi connectivity index (χ0n) is 19.8. The van der Waals surface area contributed by atoms with Crippen molar-refractivity contribution in [3.05, 3.63) is 34.9 Å². The number of benzene rings is 1. The fraction of sp³-hybridized carbons (Fsp3) is 0.654. The summed E-state index contributed by atoms with van der Waals surface area (Å²) in [5.74, 6) is 1.09. The first-order chi connectivity index (χ1) is 15.8. The molecule has 7 heteroatoms. The third-order valence-electron chi connectivity index (χ3n) is 8.55. The highest BCUT2D eigenvalue weighted by atomic mass is 16.5. The quantitative estimate of drug-likeness (QED) is 0.763. The van der Waals surface area contributed by atoms with E-state index < -0.39 is 5.54 Å². The van der Waals surface area contributed by atoms with Crippen LogP contribution in [0.15, 0.2) is 23.2 Å². The van der Waals surface area contributed by atoms with Gasteiger partial charge in [-0.2, -0.15) is 5.26 Å². The maximum Gasteiger partial charge on any atom is 0.262 e. The third kappa shape index (κ3) is 3.22. The van der Waals surface area contributed by atoms with Crippen LogP contribution in [-0.2, 0) is 26.2 Å². The number of fused-ring (bicyclic) bond motifs is 3. The molecule has 0 aromatic heterocycles. The molecular formula is C26H34N4O3. The summed E-state index contributed by atoms with van der Waals surface area (Å²) in [5.41, 5.74) is 7.58. The average Bonchev–Trinajstić information content (AvgIpc) is 3.20. The molecule has 2 fully saturated rings. The molecule has 2 heterocycles. The van der Waals surface area contributed by atoms with E-state index in [1.807, 2.05) is 18.2 Å². The van der Waals surface area contributed by atoms with Crippen molar-refractivity contribution in [1.29, 1.82) is 5.26 Å². The van der Waals surface area contributed by atoms with Gasteiger partial charge in [-0.1, -0.05) is 19.9 Å². The summed E-state index contributed by atoms with van der Waals surface area (Å²) < 4.78 is 11.5. The predicted octanol–water partition coefficient (Wildman–Crippen LogP) is 2.96. The summed E-state index contributed by atoms with van der Waals surface area (Å²) >= 11 is 0. The molecule has 7 nitrogen and oxygen atoms in total. The molecule has 33 heavy (non-hydrogen) atoms. The van der Waals surface area contributed by atoms with Gasteiger partial charge in [0.1, 0.15) is 0 Å². The fourth-order valence-corrected chi connectivity index (χ4v) is 7.41. The Morgan fingerprint density at radius 2 is 2.09 bits per heavy atom. The number of carbonyl (C=O) groups excluding carboxylic acids is 1. The Labute approximate surface area is 195 Å². The number of aliphatic imine (C=N–C) groups is 1. The molecule has 1 aromatic rings. The van der Waals surface area contributed by atoms with Crippen LogP contribution < -0.4 is 5.73 Å². The highest BCUT2D eigenvalue weighted by Gasteiger charge is 2.68. The van der Waals surface area contributed by atoms with Crippen LogP contribution >= 0.6 is 0 Å². The van der Waals surface area contributed by atoms with Crippen LogP contribution in [-0.4, -0.2) is 49.7 Å². The van der Waals surface area contributed by atoms with E-state index in [9.17, 15) is 10.1 Å². The minimum Gasteiger partial charge on any atom is -0.381 e. The molecule has 0 radical (unpaired) electrons. The van der Waals surface area contributed by atoms with Gasteiger partial charge in [0.2, 0.25) is 0 Å². The monoisotopic (exact) mass is 450 g/mol. The second-order valence-electron chi connectivity index (χ2n) is 10.7. The van der Waals surface area contributed by atoms with E-state index in [0.29, 0.717) is 24.7 Å². The van der Waals surface area contributed by atoms with Gasteiger partial charge in [0.15, 0.2) is 11.5 Å². The first-order valence-corrected chi connectivity index (χ1v) is 12.2. The zero-order chi connectivity index (χ0) is 23.4. The molecule has 1 saturated carbocycles. The molecule has 176 valence electrons. The summed E-state index contributed by atoms with van der Waals surface area (Å²) in [6.07, 6.45) is 4.60. The lowest BCUT2D eigenvalue weighted by Crippen LogP contribution is -2.55.